The van der Waals surface area contributed by atoms with Crippen LogP contribution in [0.15, 0.2) is 0 Å². The lowest BCUT2D eigenvalue weighted by atomic mass is 9.92. The summed E-state index contributed by atoms with van der Waals surface area (Å²) in [6, 6.07) is -0.150. The van der Waals surface area contributed by atoms with Crippen LogP contribution < -0.4 is 5.32 Å². The molecule has 6 nitrogen and oxygen atoms in total. The Morgan fingerprint density at radius 2 is 1.84 bits per heavy atom. The molecule has 0 aliphatic heterocycles. The number of aliphatic hydroxyl groups is 1. The van der Waals surface area contributed by atoms with Gasteiger partial charge >= 0.3 is 0 Å². The minimum Gasteiger partial charge on any atom is -0.393 e. The Morgan fingerprint density at radius 1 is 1.26 bits per heavy atom. The molecule has 112 valence electrons. The number of hydrogen-bond acceptors (Lipinski definition) is 5. The van der Waals surface area contributed by atoms with Crippen molar-refractivity contribution in [1.82, 2.24) is 5.32 Å². The van der Waals surface area contributed by atoms with Crippen molar-refractivity contribution in [3.8, 4) is 0 Å². The predicted octanol–water partition coefficient (Wildman–Crippen LogP) is 0.0841. The van der Waals surface area contributed by atoms with Crippen molar-refractivity contribution in [2.45, 2.75) is 44.9 Å². The van der Waals surface area contributed by atoms with Gasteiger partial charge in [-0.05, 0) is 26.7 Å². The Balaban J connectivity index is 2.17. The molecule has 0 aromatic heterocycles. The van der Waals surface area contributed by atoms with Crippen LogP contribution in [0.2, 0.25) is 0 Å². The summed E-state index contributed by atoms with van der Waals surface area (Å²) in [6.07, 6.45) is 0.984. The van der Waals surface area contributed by atoms with Crippen LogP contribution in [0.4, 0.5) is 0 Å². The summed E-state index contributed by atoms with van der Waals surface area (Å²) in [4.78, 5) is 11.7. The van der Waals surface area contributed by atoms with E-state index in [-0.39, 0.29) is 30.8 Å². The van der Waals surface area contributed by atoms with E-state index in [0.29, 0.717) is 39.3 Å². The second kappa shape index (κ2) is 9.25. The summed E-state index contributed by atoms with van der Waals surface area (Å²) < 4.78 is 16.0. The molecule has 0 bridgehead atoms. The largest absolute Gasteiger partial charge is 0.393 e. The number of amides is 1. The lowest BCUT2D eigenvalue weighted by Crippen LogP contribution is -2.45. The minimum absolute atomic E-state index is 0.0120. The van der Waals surface area contributed by atoms with Gasteiger partial charge in [-0.2, -0.15) is 0 Å². The van der Waals surface area contributed by atoms with Crippen molar-refractivity contribution >= 4 is 5.91 Å². The molecule has 0 aromatic carbocycles. The molecule has 0 radical (unpaired) electrons. The Kier molecular flexibility index (Phi) is 7.97. The van der Waals surface area contributed by atoms with Gasteiger partial charge in [-0.1, -0.05) is 0 Å². The highest BCUT2D eigenvalue weighted by atomic mass is 16.5. The zero-order valence-corrected chi connectivity index (χ0v) is 11.8. The number of hydrogen-bond donors (Lipinski definition) is 2. The highest BCUT2D eigenvalue weighted by Gasteiger charge is 2.28. The minimum atomic E-state index is -0.267. The van der Waals surface area contributed by atoms with Gasteiger partial charge in [-0.3, -0.25) is 4.79 Å². The van der Waals surface area contributed by atoms with Crippen LogP contribution in [0, 0.1) is 0 Å². The monoisotopic (exact) mass is 275 g/mol. The molecule has 1 aliphatic rings. The number of carbonyl (C=O) groups excluding carboxylic acids is 1. The Bertz CT molecular complexity index is 247. The molecule has 1 aliphatic carbocycles. The third kappa shape index (κ3) is 6.87. The molecule has 1 fully saturated rings. The molecule has 1 rings (SSSR count). The Hall–Kier alpha value is -0.690. The molecular formula is C13H25NO5. The third-order valence-corrected chi connectivity index (χ3v) is 2.93. The van der Waals surface area contributed by atoms with E-state index in [9.17, 15) is 4.79 Å². The number of aliphatic hydroxyl groups excluding tert-OH is 1. The zero-order valence-electron chi connectivity index (χ0n) is 11.8. The van der Waals surface area contributed by atoms with Crippen molar-refractivity contribution in [3.63, 3.8) is 0 Å². The third-order valence-electron chi connectivity index (χ3n) is 2.93. The predicted molar refractivity (Wildman–Crippen MR) is 69.9 cm³/mol. The molecule has 2 N–H and O–H groups in total. The first-order valence-corrected chi connectivity index (χ1v) is 6.90. The Morgan fingerprint density at radius 3 is 2.32 bits per heavy atom. The van der Waals surface area contributed by atoms with E-state index in [0.717, 1.165) is 0 Å². The van der Waals surface area contributed by atoms with Gasteiger partial charge in [0.2, 0.25) is 5.91 Å². The normalized spacial score (nSPS) is 22.3. The summed E-state index contributed by atoms with van der Waals surface area (Å²) in [6.45, 7) is 5.92. The quantitative estimate of drug-likeness (QED) is 0.590. The second-order valence-corrected chi connectivity index (χ2v) is 4.64. The maximum Gasteiger partial charge on any atom is 0.246 e. The van der Waals surface area contributed by atoms with E-state index in [1.54, 1.807) is 0 Å². The average Bonchev–Trinajstić information content (AvgIpc) is 2.36. The van der Waals surface area contributed by atoms with E-state index in [1.165, 1.54) is 0 Å². The summed E-state index contributed by atoms with van der Waals surface area (Å²) in [5.74, 6) is -0.175. The fourth-order valence-corrected chi connectivity index (χ4v) is 1.79. The SMILES string of the molecule is CCOCC(COCC)NC(=O)COC1CC(O)C1. The molecular weight excluding hydrogens is 250 g/mol. The molecule has 1 amide bonds. The molecule has 0 atom stereocenters. The molecule has 0 heterocycles. The van der Waals surface area contributed by atoms with Crippen LogP contribution in [0.3, 0.4) is 0 Å². The van der Waals surface area contributed by atoms with Crippen LogP contribution in [0.5, 0.6) is 0 Å². The summed E-state index contributed by atoms with van der Waals surface area (Å²) in [7, 11) is 0. The van der Waals surface area contributed by atoms with Crippen molar-refractivity contribution in [2.75, 3.05) is 33.0 Å². The lowest BCUT2D eigenvalue weighted by molar-refractivity contribution is -0.135. The fraction of sp³-hybridized carbons (Fsp3) is 0.923. The van der Waals surface area contributed by atoms with Crippen LogP contribution in [-0.4, -0.2) is 62.3 Å². The van der Waals surface area contributed by atoms with Gasteiger partial charge in [0, 0.05) is 13.2 Å². The standard InChI is InChI=1S/C13H25NO5/c1-3-17-7-10(8-18-4-2)14-13(16)9-19-12-5-11(15)6-12/h10-12,15H,3-9H2,1-2H3,(H,14,16). The maximum atomic E-state index is 11.7. The first-order valence-electron chi connectivity index (χ1n) is 6.90. The zero-order chi connectivity index (χ0) is 14.1. The van der Waals surface area contributed by atoms with Gasteiger partial charge in [0.25, 0.3) is 0 Å². The van der Waals surface area contributed by atoms with Crippen molar-refractivity contribution in [1.29, 1.82) is 0 Å². The summed E-state index contributed by atoms with van der Waals surface area (Å²) >= 11 is 0. The van der Waals surface area contributed by atoms with Gasteiger partial charge in [0.15, 0.2) is 0 Å². The van der Waals surface area contributed by atoms with E-state index in [1.807, 2.05) is 13.8 Å². The Labute approximate surface area is 114 Å². The topological polar surface area (TPSA) is 77.0 Å². The first kappa shape index (κ1) is 16.4. The summed E-state index contributed by atoms with van der Waals surface area (Å²) in [5.41, 5.74) is 0. The van der Waals surface area contributed by atoms with E-state index < -0.39 is 0 Å². The molecule has 0 spiro atoms. The van der Waals surface area contributed by atoms with Crippen molar-refractivity contribution in [2.24, 2.45) is 0 Å². The first-order chi connectivity index (χ1) is 9.15. The molecule has 0 aromatic rings. The van der Waals surface area contributed by atoms with Crippen LogP contribution in [-0.2, 0) is 19.0 Å². The maximum absolute atomic E-state index is 11.7. The van der Waals surface area contributed by atoms with E-state index in [2.05, 4.69) is 5.32 Å². The molecule has 6 heteroatoms. The van der Waals surface area contributed by atoms with Crippen LogP contribution in [0.25, 0.3) is 0 Å². The number of rotatable bonds is 10. The highest BCUT2D eigenvalue weighted by molar-refractivity contribution is 5.77. The van der Waals surface area contributed by atoms with Gasteiger partial charge < -0.3 is 24.6 Å². The van der Waals surface area contributed by atoms with Gasteiger partial charge in [-0.25, -0.2) is 0 Å². The van der Waals surface area contributed by atoms with Crippen molar-refractivity contribution in [3.05, 3.63) is 0 Å². The lowest BCUT2D eigenvalue weighted by Gasteiger charge is -2.31. The van der Waals surface area contributed by atoms with Gasteiger partial charge in [-0.15, -0.1) is 0 Å². The fourth-order valence-electron chi connectivity index (χ4n) is 1.79. The smallest absolute Gasteiger partial charge is 0.246 e. The van der Waals surface area contributed by atoms with Gasteiger partial charge in [0.1, 0.15) is 6.61 Å². The van der Waals surface area contributed by atoms with Gasteiger partial charge in [0.05, 0.1) is 31.5 Å². The van der Waals surface area contributed by atoms with E-state index >= 15 is 0 Å². The van der Waals surface area contributed by atoms with Crippen molar-refractivity contribution < 1.29 is 24.1 Å². The summed E-state index contributed by atoms with van der Waals surface area (Å²) in [5, 5.41) is 11.9. The average molecular weight is 275 g/mol. The molecule has 0 unspecified atom stereocenters. The second-order valence-electron chi connectivity index (χ2n) is 4.64. The van der Waals surface area contributed by atoms with Crippen LogP contribution in [0.1, 0.15) is 26.7 Å². The molecule has 1 saturated carbocycles. The number of carbonyl (C=O) groups is 1. The molecule has 0 saturated heterocycles. The number of ether oxygens (including phenoxy) is 3. The van der Waals surface area contributed by atoms with E-state index in [4.69, 9.17) is 19.3 Å². The molecule has 19 heavy (non-hydrogen) atoms. The highest BCUT2D eigenvalue weighted by Crippen LogP contribution is 2.22. The number of nitrogens with one attached hydrogen (secondary N) is 1. The van der Waals surface area contributed by atoms with Crippen LogP contribution >= 0.6 is 0 Å².